The first-order chi connectivity index (χ1) is 14.1. The van der Waals surface area contributed by atoms with E-state index in [1.54, 1.807) is 6.33 Å². The second-order valence-corrected chi connectivity index (χ2v) is 7.76. The number of aryl methyl sites for hydroxylation is 1. The predicted octanol–water partition coefficient (Wildman–Crippen LogP) is 4.57. The maximum atomic E-state index is 12.6. The van der Waals surface area contributed by atoms with Gasteiger partial charge in [-0.05, 0) is 61.1 Å². The third kappa shape index (κ3) is 4.25. The van der Waals surface area contributed by atoms with Crippen LogP contribution in [0.15, 0.2) is 55.0 Å². The number of rotatable bonds is 5. The molecule has 1 aliphatic rings. The Kier molecular flexibility index (Phi) is 5.76. The molecule has 5 heteroatoms. The average Bonchev–Trinajstić information content (AvgIpc) is 3.27. The number of carbonyl (C=O) groups is 1. The van der Waals surface area contributed by atoms with Gasteiger partial charge in [0.1, 0.15) is 0 Å². The molecular formula is C24H27N3O2. The molecule has 4 rings (SSSR count). The van der Waals surface area contributed by atoms with Crippen LogP contribution in [0, 0.1) is 19.8 Å². The summed E-state index contributed by atoms with van der Waals surface area (Å²) in [5.74, 6) is -0.0197. The SMILES string of the molecule is Cc1cccc(C(c2cccc(NC(=O)[C@H]3CCCOC3)c2)c2cnc[nH]2)c1C. The molecule has 0 aliphatic carbocycles. The Labute approximate surface area is 171 Å². The minimum Gasteiger partial charge on any atom is -0.381 e. The Bertz CT molecular complexity index is 976. The number of imidazole rings is 1. The molecule has 2 atom stereocenters. The molecule has 0 spiro atoms. The van der Waals surface area contributed by atoms with E-state index in [1.165, 1.54) is 16.7 Å². The smallest absolute Gasteiger partial charge is 0.229 e. The van der Waals surface area contributed by atoms with Crippen LogP contribution in [-0.2, 0) is 9.53 Å². The first-order valence-corrected chi connectivity index (χ1v) is 10.2. The molecule has 150 valence electrons. The molecule has 1 aromatic heterocycles. The first-order valence-electron chi connectivity index (χ1n) is 10.2. The number of benzene rings is 2. The highest BCUT2D eigenvalue weighted by atomic mass is 16.5. The molecule has 2 heterocycles. The predicted molar refractivity (Wildman–Crippen MR) is 114 cm³/mol. The largest absolute Gasteiger partial charge is 0.381 e. The number of hydrogen-bond donors (Lipinski definition) is 2. The number of anilines is 1. The summed E-state index contributed by atoms with van der Waals surface area (Å²) in [6, 6.07) is 14.5. The van der Waals surface area contributed by atoms with Crippen LogP contribution in [0.3, 0.4) is 0 Å². The average molecular weight is 389 g/mol. The van der Waals surface area contributed by atoms with Crippen molar-refractivity contribution in [3.8, 4) is 0 Å². The Balaban J connectivity index is 1.66. The standard InChI is InChI=1S/C24H27N3O2/c1-16-6-3-10-21(17(16)2)23(22-13-25-15-26-22)18-7-4-9-20(12-18)27-24(28)19-8-5-11-29-14-19/h3-4,6-7,9-10,12-13,15,19,23H,5,8,11,14H2,1-2H3,(H,25,26)(H,27,28)/t19-,23?/m0/s1. The van der Waals surface area contributed by atoms with E-state index < -0.39 is 0 Å². The molecule has 3 aromatic rings. The van der Waals surface area contributed by atoms with Gasteiger partial charge in [-0.15, -0.1) is 0 Å². The zero-order valence-electron chi connectivity index (χ0n) is 16.9. The Morgan fingerprint density at radius 1 is 1.24 bits per heavy atom. The Morgan fingerprint density at radius 2 is 2.10 bits per heavy atom. The Morgan fingerprint density at radius 3 is 2.86 bits per heavy atom. The summed E-state index contributed by atoms with van der Waals surface area (Å²) in [5.41, 5.74) is 6.71. The van der Waals surface area contributed by atoms with Gasteiger partial charge in [0.25, 0.3) is 0 Å². The van der Waals surface area contributed by atoms with E-state index in [0.29, 0.717) is 6.61 Å². The number of ether oxygens (including phenoxy) is 1. The molecule has 0 saturated carbocycles. The zero-order chi connectivity index (χ0) is 20.2. The van der Waals surface area contributed by atoms with Crippen molar-refractivity contribution in [2.24, 2.45) is 5.92 Å². The maximum Gasteiger partial charge on any atom is 0.229 e. The summed E-state index contributed by atoms with van der Waals surface area (Å²) < 4.78 is 5.46. The van der Waals surface area contributed by atoms with Crippen molar-refractivity contribution >= 4 is 11.6 Å². The molecule has 0 radical (unpaired) electrons. The molecule has 0 bridgehead atoms. The number of amides is 1. The van der Waals surface area contributed by atoms with E-state index in [9.17, 15) is 4.79 Å². The van der Waals surface area contributed by atoms with Gasteiger partial charge in [-0.3, -0.25) is 4.79 Å². The first kappa shape index (κ1) is 19.4. The van der Waals surface area contributed by atoms with Gasteiger partial charge >= 0.3 is 0 Å². The third-order valence-electron chi connectivity index (χ3n) is 5.81. The van der Waals surface area contributed by atoms with Crippen LogP contribution in [0.25, 0.3) is 0 Å². The number of aromatic amines is 1. The lowest BCUT2D eigenvalue weighted by atomic mass is 9.85. The van der Waals surface area contributed by atoms with Crippen molar-refractivity contribution in [3.05, 3.63) is 82.9 Å². The highest BCUT2D eigenvalue weighted by Crippen LogP contribution is 2.34. The van der Waals surface area contributed by atoms with Gasteiger partial charge in [-0.1, -0.05) is 30.3 Å². The summed E-state index contributed by atoms with van der Waals surface area (Å²) in [6.07, 6.45) is 5.40. The number of hydrogen-bond acceptors (Lipinski definition) is 3. The molecule has 1 amide bonds. The number of H-pyrrole nitrogens is 1. The van der Waals surface area contributed by atoms with Crippen LogP contribution in [0.4, 0.5) is 5.69 Å². The third-order valence-corrected chi connectivity index (χ3v) is 5.81. The molecule has 2 N–H and O–H groups in total. The fraction of sp³-hybridized carbons (Fsp3) is 0.333. The number of nitrogens with one attached hydrogen (secondary N) is 2. The van der Waals surface area contributed by atoms with Crippen LogP contribution < -0.4 is 5.32 Å². The van der Waals surface area contributed by atoms with Crippen molar-refractivity contribution in [1.82, 2.24) is 9.97 Å². The highest BCUT2D eigenvalue weighted by molar-refractivity contribution is 5.92. The summed E-state index contributed by atoms with van der Waals surface area (Å²) in [4.78, 5) is 20.2. The molecule has 1 unspecified atom stereocenters. The van der Waals surface area contributed by atoms with E-state index in [1.807, 2.05) is 18.3 Å². The fourth-order valence-corrected chi connectivity index (χ4v) is 4.03. The Hall–Kier alpha value is -2.92. The number of aromatic nitrogens is 2. The molecule has 1 aliphatic heterocycles. The second kappa shape index (κ2) is 8.62. The van der Waals surface area contributed by atoms with Crippen molar-refractivity contribution in [1.29, 1.82) is 0 Å². The molecule has 1 fully saturated rings. The van der Waals surface area contributed by atoms with Gasteiger partial charge in [0, 0.05) is 24.2 Å². The van der Waals surface area contributed by atoms with E-state index in [4.69, 9.17) is 4.74 Å². The van der Waals surface area contributed by atoms with Crippen molar-refractivity contribution in [2.45, 2.75) is 32.6 Å². The van der Waals surface area contributed by atoms with Gasteiger partial charge in [0.05, 0.1) is 24.8 Å². The molecule has 2 aromatic carbocycles. The summed E-state index contributed by atoms with van der Waals surface area (Å²) in [5, 5.41) is 3.08. The lowest BCUT2D eigenvalue weighted by Crippen LogP contribution is -2.30. The van der Waals surface area contributed by atoms with E-state index in [0.717, 1.165) is 36.4 Å². The number of nitrogens with zero attached hydrogens (tertiary/aromatic N) is 1. The molecule has 5 nitrogen and oxygen atoms in total. The van der Waals surface area contributed by atoms with E-state index in [-0.39, 0.29) is 17.7 Å². The highest BCUT2D eigenvalue weighted by Gasteiger charge is 2.23. The van der Waals surface area contributed by atoms with Gasteiger partial charge in [-0.25, -0.2) is 4.98 Å². The summed E-state index contributed by atoms with van der Waals surface area (Å²) >= 11 is 0. The summed E-state index contributed by atoms with van der Waals surface area (Å²) in [6.45, 7) is 5.54. The lowest BCUT2D eigenvalue weighted by molar-refractivity contribution is -0.123. The van der Waals surface area contributed by atoms with Crippen molar-refractivity contribution in [2.75, 3.05) is 18.5 Å². The number of carbonyl (C=O) groups excluding carboxylic acids is 1. The van der Waals surface area contributed by atoms with Gasteiger partial charge in [-0.2, -0.15) is 0 Å². The lowest BCUT2D eigenvalue weighted by Gasteiger charge is -2.23. The minimum absolute atomic E-state index is 0.0206. The molecular weight excluding hydrogens is 362 g/mol. The van der Waals surface area contributed by atoms with Gasteiger partial charge in [0.2, 0.25) is 5.91 Å². The maximum absolute atomic E-state index is 12.6. The van der Waals surface area contributed by atoms with Gasteiger partial charge in [0.15, 0.2) is 0 Å². The zero-order valence-corrected chi connectivity index (χ0v) is 16.9. The van der Waals surface area contributed by atoms with Gasteiger partial charge < -0.3 is 15.0 Å². The van der Waals surface area contributed by atoms with E-state index in [2.05, 4.69) is 59.5 Å². The second-order valence-electron chi connectivity index (χ2n) is 7.76. The van der Waals surface area contributed by atoms with Crippen LogP contribution in [0.2, 0.25) is 0 Å². The summed E-state index contributed by atoms with van der Waals surface area (Å²) in [7, 11) is 0. The van der Waals surface area contributed by atoms with Crippen molar-refractivity contribution < 1.29 is 9.53 Å². The van der Waals surface area contributed by atoms with Crippen LogP contribution in [0.1, 0.15) is 46.7 Å². The fourth-order valence-electron chi connectivity index (χ4n) is 4.03. The van der Waals surface area contributed by atoms with Crippen molar-refractivity contribution in [3.63, 3.8) is 0 Å². The minimum atomic E-state index is -0.0742. The van der Waals surface area contributed by atoms with Crippen LogP contribution >= 0.6 is 0 Å². The normalized spacial score (nSPS) is 17.7. The molecule has 29 heavy (non-hydrogen) atoms. The molecule has 1 saturated heterocycles. The van der Waals surface area contributed by atoms with E-state index >= 15 is 0 Å². The quantitative estimate of drug-likeness (QED) is 0.672. The topological polar surface area (TPSA) is 67.0 Å². The monoisotopic (exact) mass is 389 g/mol. The van der Waals surface area contributed by atoms with Crippen LogP contribution in [-0.4, -0.2) is 29.1 Å². The van der Waals surface area contributed by atoms with Crippen LogP contribution in [0.5, 0.6) is 0 Å².